The summed E-state index contributed by atoms with van der Waals surface area (Å²) in [5, 5.41) is 5.60. The van der Waals surface area contributed by atoms with Crippen molar-refractivity contribution in [2.45, 2.75) is 38.6 Å². The van der Waals surface area contributed by atoms with Crippen LogP contribution in [0.4, 0.5) is 0 Å². The van der Waals surface area contributed by atoms with Crippen molar-refractivity contribution in [2.24, 2.45) is 5.73 Å². The van der Waals surface area contributed by atoms with Gasteiger partial charge in [-0.05, 0) is 31.7 Å². The first-order valence-electron chi connectivity index (χ1n) is 9.39. The minimum absolute atomic E-state index is 0. The van der Waals surface area contributed by atoms with Crippen LogP contribution >= 0.6 is 23.7 Å². The lowest BCUT2D eigenvalue weighted by molar-refractivity contribution is -0.121. The SMILES string of the molecule is Cc1ccccc1-c1nc(C(=O)N2CCCCC2CNC(=O)CCN)cs1.Cl. The number of carbonyl (C=O) groups is 2. The number of hydrogen-bond donors (Lipinski definition) is 2. The Labute approximate surface area is 175 Å². The molecule has 0 bridgehead atoms. The number of amides is 2. The van der Waals surface area contributed by atoms with Gasteiger partial charge in [-0.15, -0.1) is 23.7 Å². The summed E-state index contributed by atoms with van der Waals surface area (Å²) in [7, 11) is 0. The van der Waals surface area contributed by atoms with E-state index < -0.39 is 0 Å². The molecular formula is C20H27ClN4O2S. The fourth-order valence-electron chi connectivity index (χ4n) is 3.39. The van der Waals surface area contributed by atoms with Gasteiger partial charge in [0.1, 0.15) is 10.7 Å². The third-order valence-electron chi connectivity index (χ3n) is 4.89. The number of aryl methyl sites for hydroxylation is 1. The highest BCUT2D eigenvalue weighted by Gasteiger charge is 2.29. The number of aromatic nitrogens is 1. The highest BCUT2D eigenvalue weighted by atomic mass is 35.5. The van der Waals surface area contributed by atoms with E-state index in [4.69, 9.17) is 5.73 Å². The summed E-state index contributed by atoms with van der Waals surface area (Å²) in [4.78, 5) is 31.2. The van der Waals surface area contributed by atoms with Crippen LogP contribution in [0.5, 0.6) is 0 Å². The quantitative estimate of drug-likeness (QED) is 0.748. The molecule has 2 heterocycles. The molecule has 152 valence electrons. The highest BCUT2D eigenvalue weighted by Crippen LogP contribution is 2.28. The molecule has 3 rings (SSSR count). The standard InChI is InChI=1S/C20H26N4O2S.ClH/c1-14-6-2-3-8-16(14)19-23-17(13-27-19)20(26)24-11-5-4-7-15(24)12-22-18(25)9-10-21;/h2-3,6,8,13,15H,4-5,7,9-12,21H2,1H3,(H,22,25);1H. The first-order chi connectivity index (χ1) is 13.1. The normalized spacial score (nSPS) is 16.4. The second kappa shape index (κ2) is 10.5. The number of hydrogen-bond acceptors (Lipinski definition) is 5. The second-order valence-electron chi connectivity index (χ2n) is 6.84. The van der Waals surface area contributed by atoms with Gasteiger partial charge in [-0.25, -0.2) is 4.98 Å². The number of thiazole rings is 1. The summed E-state index contributed by atoms with van der Waals surface area (Å²) in [5.41, 5.74) is 8.11. The molecule has 0 radical (unpaired) electrons. The van der Waals surface area contributed by atoms with Crippen molar-refractivity contribution in [1.29, 1.82) is 0 Å². The molecule has 1 saturated heterocycles. The van der Waals surface area contributed by atoms with E-state index in [0.29, 0.717) is 31.7 Å². The van der Waals surface area contributed by atoms with E-state index in [1.54, 1.807) is 0 Å². The van der Waals surface area contributed by atoms with E-state index in [2.05, 4.69) is 10.3 Å². The maximum atomic E-state index is 13.0. The van der Waals surface area contributed by atoms with E-state index in [1.165, 1.54) is 11.3 Å². The number of carbonyl (C=O) groups excluding carboxylic acids is 2. The third kappa shape index (κ3) is 5.31. The van der Waals surface area contributed by atoms with Crippen molar-refractivity contribution >= 4 is 35.6 Å². The topological polar surface area (TPSA) is 88.3 Å². The van der Waals surface area contributed by atoms with Gasteiger partial charge in [-0.2, -0.15) is 0 Å². The van der Waals surface area contributed by atoms with Crippen molar-refractivity contribution in [1.82, 2.24) is 15.2 Å². The van der Waals surface area contributed by atoms with Gasteiger partial charge in [0.15, 0.2) is 0 Å². The van der Waals surface area contributed by atoms with Crippen LogP contribution in [0.15, 0.2) is 29.6 Å². The fourth-order valence-corrected chi connectivity index (χ4v) is 4.27. The second-order valence-corrected chi connectivity index (χ2v) is 7.70. The number of likely N-dealkylation sites (tertiary alicyclic amines) is 1. The summed E-state index contributed by atoms with van der Waals surface area (Å²) < 4.78 is 0. The average Bonchev–Trinajstić information content (AvgIpc) is 3.16. The summed E-state index contributed by atoms with van der Waals surface area (Å²) >= 11 is 1.49. The van der Waals surface area contributed by atoms with Gasteiger partial charge in [0.2, 0.25) is 5.91 Å². The van der Waals surface area contributed by atoms with Gasteiger partial charge >= 0.3 is 0 Å². The fraction of sp³-hybridized carbons (Fsp3) is 0.450. The molecule has 6 nitrogen and oxygen atoms in total. The van der Waals surface area contributed by atoms with Gasteiger partial charge in [-0.3, -0.25) is 9.59 Å². The van der Waals surface area contributed by atoms with Crippen LogP contribution in [-0.4, -0.2) is 47.4 Å². The minimum atomic E-state index is -0.0639. The predicted molar refractivity (Wildman–Crippen MR) is 115 cm³/mol. The Morgan fingerprint density at radius 1 is 1.32 bits per heavy atom. The molecule has 1 aromatic carbocycles. The van der Waals surface area contributed by atoms with E-state index in [0.717, 1.165) is 35.4 Å². The molecule has 0 spiro atoms. The number of nitrogens with zero attached hydrogens (tertiary/aromatic N) is 2. The monoisotopic (exact) mass is 422 g/mol. The lowest BCUT2D eigenvalue weighted by atomic mass is 10.0. The maximum Gasteiger partial charge on any atom is 0.273 e. The molecule has 1 unspecified atom stereocenters. The largest absolute Gasteiger partial charge is 0.354 e. The number of benzene rings is 1. The Bertz CT molecular complexity index is 811. The first-order valence-corrected chi connectivity index (χ1v) is 10.3. The summed E-state index contributed by atoms with van der Waals surface area (Å²) in [6.07, 6.45) is 3.25. The van der Waals surface area contributed by atoms with Crippen LogP contribution in [0, 0.1) is 6.92 Å². The number of nitrogens with two attached hydrogens (primary N) is 1. The van der Waals surface area contributed by atoms with Crippen molar-refractivity contribution < 1.29 is 9.59 Å². The summed E-state index contributed by atoms with van der Waals surface area (Å²) in [6.45, 7) is 3.55. The molecule has 3 N–H and O–H groups in total. The zero-order valence-electron chi connectivity index (χ0n) is 16.0. The molecule has 1 aliphatic heterocycles. The van der Waals surface area contributed by atoms with Crippen molar-refractivity contribution in [3.63, 3.8) is 0 Å². The molecule has 2 aromatic rings. The average molecular weight is 423 g/mol. The lowest BCUT2D eigenvalue weighted by Gasteiger charge is -2.35. The van der Waals surface area contributed by atoms with Gasteiger partial charge < -0.3 is 16.0 Å². The number of halogens is 1. The Morgan fingerprint density at radius 3 is 2.86 bits per heavy atom. The molecule has 1 atom stereocenters. The lowest BCUT2D eigenvalue weighted by Crippen LogP contribution is -2.49. The molecule has 1 aromatic heterocycles. The number of piperidine rings is 1. The number of nitrogens with one attached hydrogen (secondary N) is 1. The Balaban J connectivity index is 0.00000280. The third-order valence-corrected chi connectivity index (χ3v) is 5.77. The van der Waals surface area contributed by atoms with E-state index in [9.17, 15) is 9.59 Å². The van der Waals surface area contributed by atoms with Crippen molar-refractivity contribution in [2.75, 3.05) is 19.6 Å². The van der Waals surface area contributed by atoms with Gasteiger partial charge in [0, 0.05) is 43.0 Å². The van der Waals surface area contributed by atoms with E-state index >= 15 is 0 Å². The molecule has 1 aliphatic rings. The zero-order valence-corrected chi connectivity index (χ0v) is 17.7. The van der Waals surface area contributed by atoms with Crippen LogP contribution in [0.1, 0.15) is 41.7 Å². The minimum Gasteiger partial charge on any atom is -0.354 e. The molecule has 0 saturated carbocycles. The van der Waals surface area contributed by atoms with Crippen molar-refractivity contribution in [3.05, 3.63) is 40.9 Å². The Hall–Kier alpha value is -1.96. The first kappa shape index (κ1) is 22.3. The van der Waals surface area contributed by atoms with Gasteiger partial charge in [0.25, 0.3) is 5.91 Å². The van der Waals surface area contributed by atoms with E-state index in [-0.39, 0.29) is 30.3 Å². The molecule has 0 aliphatic carbocycles. The molecular weight excluding hydrogens is 396 g/mol. The van der Waals surface area contributed by atoms with Crippen molar-refractivity contribution in [3.8, 4) is 10.6 Å². The van der Waals surface area contributed by atoms with Crippen LogP contribution in [-0.2, 0) is 4.79 Å². The zero-order chi connectivity index (χ0) is 19.2. The molecule has 2 amide bonds. The van der Waals surface area contributed by atoms with Crippen LogP contribution < -0.4 is 11.1 Å². The van der Waals surface area contributed by atoms with Gasteiger partial charge in [0.05, 0.1) is 0 Å². The Kier molecular flexibility index (Phi) is 8.41. The van der Waals surface area contributed by atoms with Crippen LogP contribution in [0.2, 0.25) is 0 Å². The molecule has 28 heavy (non-hydrogen) atoms. The highest BCUT2D eigenvalue weighted by molar-refractivity contribution is 7.13. The van der Waals surface area contributed by atoms with Crippen LogP contribution in [0.25, 0.3) is 10.6 Å². The van der Waals surface area contributed by atoms with Gasteiger partial charge in [-0.1, -0.05) is 24.3 Å². The molecule has 1 fully saturated rings. The smallest absolute Gasteiger partial charge is 0.273 e. The summed E-state index contributed by atoms with van der Waals surface area (Å²) in [6, 6.07) is 8.06. The maximum absolute atomic E-state index is 13.0. The van der Waals surface area contributed by atoms with E-state index in [1.807, 2.05) is 41.5 Å². The van der Waals surface area contributed by atoms with Crippen LogP contribution in [0.3, 0.4) is 0 Å². The predicted octanol–water partition coefficient (Wildman–Crippen LogP) is 3.00. The molecule has 8 heteroatoms. The Morgan fingerprint density at radius 2 is 2.11 bits per heavy atom. The number of rotatable bonds is 6. The summed E-state index contributed by atoms with van der Waals surface area (Å²) in [5.74, 6) is -0.116.